The maximum atomic E-state index is 14.9. The topological polar surface area (TPSA) is 18.5 Å². The molecule has 0 aliphatic carbocycles. The SMILES string of the molecule is C=CCCC1CCC(c2ccc(CCc3ccc(-c4ccc(OCC)c(F)c4F)c(F)c3F)cc2)CO1. The number of benzene rings is 3. The number of ether oxygens (including phenoxy) is 2. The van der Waals surface area contributed by atoms with E-state index in [1.54, 1.807) is 6.92 Å². The van der Waals surface area contributed by atoms with E-state index in [1.165, 1.54) is 29.8 Å². The van der Waals surface area contributed by atoms with Crippen molar-refractivity contribution in [3.05, 3.63) is 101 Å². The van der Waals surface area contributed by atoms with E-state index < -0.39 is 23.3 Å². The standard InChI is InChI=1S/C31H32F4O2/c1-3-5-6-24-15-13-23(19-37-24)21-10-7-20(8-11-21)9-12-22-14-16-25(29(33)28(22)32)26-17-18-27(36-4-2)31(35)30(26)34/h3,7-8,10-11,14,16-18,23-24H,1,4-6,9,12-13,15,19H2,2H3. The third-order valence-electron chi connectivity index (χ3n) is 7.00. The highest BCUT2D eigenvalue weighted by molar-refractivity contribution is 5.66. The number of halogens is 4. The highest BCUT2D eigenvalue weighted by atomic mass is 19.2. The second-order valence-corrected chi connectivity index (χ2v) is 9.41. The van der Waals surface area contributed by atoms with Gasteiger partial charge in [-0.1, -0.05) is 42.5 Å². The first kappa shape index (κ1) is 26.9. The van der Waals surface area contributed by atoms with Crippen LogP contribution in [0, 0.1) is 23.3 Å². The first-order valence-corrected chi connectivity index (χ1v) is 12.8. The van der Waals surface area contributed by atoms with Crippen LogP contribution in [-0.2, 0) is 17.6 Å². The van der Waals surface area contributed by atoms with Crippen molar-refractivity contribution in [1.82, 2.24) is 0 Å². The predicted molar refractivity (Wildman–Crippen MR) is 138 cm³/mol. The summed E-state index contributed by atoms with van der Waals surface area (Å²) in [4.78, 5) is 0. The molecule has 0 spiro atoms. The van der Waals surface area contributed by atoms with Gasteiger partial charge in [0.25, 0.3) is 0 Å². The molecule has 1 heterocycles. The Bertz CT molecular complexity index is 1210. The lowest BCUT2D eigenvalue weighted by atomic mass is 9.89. The molecule has 4 rings (SSSR count). The van der Waals surface area contributed by atoms with E-state index in [0.29, 0.717) is 25.0 Å². The fourth-order valence-corrected chi connectivity index (χ4v) is 4.83. The Morgan fingerprint density at radius 2 is 1.57 bits per heavy atom. The van der Waals surface area contributed by atoms with Crippen LogP contribution in [-0.4, -0.2) is 19.3 Å². The van der Waals surface area contributed by atoms with Crippen LogP contribution in [0.4, 0.5) is 17.6 Å². The lowest BCUT2D eigenvalue weighted by Gasteiger charge is -2.29. The Labute approximate surface area is 215 Å². The quantitative estimate of drug-likeness (QED) is 0.201. The van der Waals surface area contributed by atoms with Crippen molar-refractivity contribution in [3.8, 4) is 16.9 Å². The molecule has 1 aliphatic heterocycles. The Hall–Kier alpha value is -3.12. The van der Waals surface area contributed by atoms with E-state index in [9.17, 15) is 17.6 Å². The van der Waals surface area contributed by atoms with E-state index in [4.69, 9.17) is 9.47 Å². The van der Waals surface area contributed by atoms with Crippen molar-refractivity contribution in [1.29, 1.82) is 0 Å². The van der Waals surface area contributed by atoms with Gasteiger partial charge in [-0.15, -0.1) is 6.58 Å². The molecule has 0 bridgehead atoms. The largest absolute Gasteiger partial charge is 0.491 e. The fraction of sp³-hybridized carbons (Fsp3) is 0.355. The van der Waals surface area contributed by atoms with Crippen LogP contribution in [0.5, 0.6) is 5.75 Å². The summed E-state index contributed by atoms with van der Waals surface area (Å²) < 4.78 is 69.5. The van der Waals surface area contributed by atoms with Crippen molar-refractivity contribution in [2.45, 2.75) is 57.5 Å². The van der Waals surface area contributed by atoms with Gasteiger partial charge in [0.05, 0.1) is 19.3 Å². The summed E-state index contributed by atoms with van der Waals surface area (Å²) in [5.41, 5.74) is 1.73. The van der Waals surface area contributed by atoms with Crippen LogP contribution >= 0.6 is 0 Å². The summed E-state index contributed by atoms with van der Waals surface area (Å²) in [6.07, 6.45) is 7.12. The normalized spacial score (nSPS) is 17.5. The predicted octanol–water partition coefficient (Wildman–Crippen LogP) is 8.32. The van der Waals surface area contributed by atoms with Crippen molar-refractivity contribution in [2.24, 2.45) is 0 Å². The Morgan fingerprint density at radius 1 is 0.865 bits per heavy atom. The van der Waals surface area contributed by atoms with E-state index in [1.807, 2.05) is 18.2 Å². The molecule has 0 radical (unpaired) electrons. The number of rotatable bonds is 10. The molecular formula is C31H32F4O2. The van der Waals surface area contributed by atoms with Gasteiger partial charge in [0.1, 0.15) is 0 Å². The molecule has 0 aromatic heterocycles. The summed E-state index contributed by atoms with van der Waals surface area (Å²) in [7, 11) is 0. The van der Waals surface area contributed by atoms with Gasteiger partial charge in [-0.2, -0.15) is 4.39 Å². The number of hydrogen-bond acceptors (Lipinski definition) is 2. The van der Waals surface area contributed by atoms with Gasteiger partial charge in [0.15, 0.2) is 23.2 Å². The van der Waals surface area contributed by atoms with Crippen molar-refractivity contribution in [2.75, 3.05) is 13.2 Å². The molecule has 2 atom stereocenters. The Kier molecular flexibility index (Phi) is 9.04. The number of aryl methyl sites for hydroxylation is 2. The lowest BCUT2D eigenvalue weighted by Crippen LogP contribution is -2.24. The molecule has 0 saturated carbocycles. The van der Waals surface area contributed by atoms with Crippen LogP contribution in [0.15, 0.2) is 61.2 Å². The zero-order valence-corrected chi connectivity index (χ0v) is 21.0. The van der Waals surface area contributed by atoms with Gasteiger partial charge in [-0.25, -0.2) is 13.2 Å². The molecule has 6 heteroatoms. The molecule has 0 amide bonds. The lowest BCUT2D eigenvalue weighted by molar-refractivity contribution is -0.000176. The van der Waals surface area contributed by atoms with E-state index in [2.05, 4.69) is 18.7 Å². The first-order valence-electron chi connectivity index (χ1n) is 12.8. The van der Waals surface area contributed by atoms with Crippen LogP contribution in [0.25, 0.3) is 11.1 Å². The monoisotopic (exact) mass is 512 g/mol. The van der Waals surface area contributed by atoms with Crippen LogP contribution in [0.3, 0.4) is 0 Å². The molecule has 1 aliphatic rings. The number of hydrogen-bond donors (Lipinski definition) is 0. The Balaban J connectivity index is 1.39. The molecule has 1 saturated heterocycles. The van der Waals surface area contributed by atoms with Crippen LogP contribution in [0.1, 0.15) is 55.2 Å². The summed E-state index contributed by atoms with van der Waals surface area (Å²) in [6, 6.07) is 13.3. The van der Waals surface area contributed by atoms with Crippen molar-refractivity contribution < 1.29 is 27.0 Å². The molecule has 37 heavy (non-hydrogen) atoms. The van der Waals surface area contributed by atoms with Gasteiger partial charge in [-0.3, -0.25) is 0 Å². The maximum absolute atomic E-state index is 14.9. The second kappa shape index (κ2) is 12.4. The molecule has 196 valence electrons. The average Bonchev–Trinajstić information content (AvgIpc) is 2.92. The second-order valence-electron chi connectivity index (χ2n) is 9.41. The minimum absolute atomic E-state index is 0.155. The Morgan fingerprint density at radius 3 is 2.22 bits per heavy atom. The van der Waals surface area contributed by atoms with Gasteiger partial charge < -0.3 is 9.47 Å². The van der Waals surface area contributed by atoms with E-state index in [-0.39, 0.29) is 35.5 Å². The van der Waals surface area contributed by atoms with Gasteiger partial charge in [-0.05, 0) is 74.3 Å². The molecular weight excluding hydrogens is 480 g/mol. The highest BCUT2D eigenvalue weighted by Crippen LogP contribution is 2.34. The average molecular weight is 513 g/mol. The smallest absolute Gasteiger partial charge is 0.201 e. The maximum Gasteiger partial charge on any atom is 0.201 e. The minimum atomic E-state index is -1.27. The molecule has 0 N–H and O–H groups in total. The molecule has 2 unspecified atom stereocenters. The van der Waals surface area contributed by atoms with Crippen molar-refractivity contribution >= 4 is 0 Å². The van der Waals surface area contributed by atoms with Crippen LogP contribution in [0.2, 0.25) is 0 Å². The zero-order chi connectivity index (χ0) is 26.4. The van der Waals surface area contributed by atoms with Gasteiger partial charge in [0, 0.05) is 17.0 Å². The van der Waals surface area contributed by atoms with Crippen LogP contribution < -0.4 is 4.74 Å². The number of allylic oxidation sites excluding steroid dienone is 1. The van der Waals surface area contributed by atoms with Crippen molar-refractivity contribution in [3.63, 3.8) is 0 Å². The fourth-order valence-electron chi connectivity index (χ4n) is 4.83. The van der Waals surface area contributed by atoms with Gasteiger partial charge in [0.2, 0.25) is 5.82 Å². The minimum Gasteiger partial charge on any atom is -0.491 e. The third-order valence-corrected chi connectivity index (χ3v) is 7.00. The zero-order valence-electron chi connectivity index (χ0n) is 21.0. The van der Waals surface area contributed by atoms with E-state index in [0.717, 1.165) is 31.2 Å². The summed E-state index contributed by atoms with van der Waals surface area (Å²) in [6.45, 7) is 6.26. The van der Waals surface area contributed by atoms with Gasteiger partial charge >= 0.3 is 0 Å². The summed E-state index contributed by atoms with van der Waals surface area (Å²) >= 11 is 0. The molecule has 3 aromatic rings. The highest BCUT2D eigenvalue weighted by Gasteiger charge is 2.23. The summed E-state index contributed by atoms with van der Waals surface area (Å²) in [5, 5.41) is 0. The third kappa shape index (κ3) is 6.24. The molecule has 1 fully saturated rings. The summed E-state index contributed by atoms with van der Waals surface area (Å²) in [5.74, 6) is -4.64. The molecule has 3 aromatic carbocycles. The van der Waals surface area contributed by atoms with E-state index >= 15 is 0 Å². The molecule has 2 nitrogen and oxygen atoms in total. The first-order chi connectivity index (χ1) is 17.9.